The highest BCUT2D eigenvalue weighted by atomic mass is 35.5. The summed E-state index contributed by atoms with van der Waals surface area (Å²) in [7, 11) is 0. The lowest BCUT2D eigenvalue weighted by molar-refractivity contribution is -0.134. The van der Waals surface area contributed by atoms with Crippen LogP contribution in [0, 0.1) is 6.92 Å². The second-order valence-electron chi connectivity index (χ2n) is 5.03. The molecule has 0 bridgehead atoms. The Balaban J connectivity index is 1.95. The van der Waals surface area contributed by atoms with Crippen molar-refractivity contribution in [3.8, 4) is 0 Å². The molecule has 0 radical (unpaired) electrons. The first-order valence-corrected chi connectivity index (χ1v) is 7.74. The van der Waals surface area contributed by atoms with Crippen LogP contribution in [0.2, 0.25) is 0 Å². The predicted molar refractivity (Wildman–Crippen MR) is 80.9 cm³/mol. The van der Waals surface area contributed by atoms with Crippen molar-refractivity contribution >= 4 is 40.8 Å². The molecule has 0 aromatic carbocycles. The van der Waals surface area contributed by atoms with E-state index in [1.165, 1.54) is 4.90 Å². The Hall–Kier alpha value is -1.31. The molecule has 1 aromatic rings. The van der Waals surface area contributed by atoms with Crippen LogP contribution in [-0.4, -0.2) is 52.5 Å². The van der Waals surface area contributed by atoms with Crippen LogP contribution in [0.4, 0.5) is 5.82 Å². The van der Waals surface area contributed by atoms with Crippen molar-refractivity contribution in [1.82, 2.24) is 10.1 Å². The van der Waals surface area contributed by atoms with Crippen molar-refractivity contribution in [3.05, 3.63) is 11.8 Å². The Kier molecular flexibility index (Phi) is 6.05. The van der Waals surface area contributed by atoms with Gasteiger partial charge in [-0.1, -0.05) is 28.4 Å². The lowest BCUT2D eigenvalue weighted by Crippen LogP contribution is -2.44. The van der Waals surface area contributed by atoms with Gasteiger partial charge in [0.15, 0.2) is 10.7 Å². The van der Waals surface area contributed by atoms with E-state index in [1.807, 2.05) is 0 Å². The lowest BCUT2D eigenvalue weighted by atomic mass is 10.2. The maximum atomic E-state index is 12.0. The minimum Gasteiger partial charge on any atom is -0.376 e. The molecule has 1 saturated heterocycles. The molecule has 22 heavy (non-hydrogen) atoms. The van der Waals surface area contributed by atoms with Gasteiger partial charge in [0.1, 0.15) is 12.3 Å². The van der Waals surface area contributed by atoms with E-state index in [4.69, 9.17) is 32.5 Å². The van der Waals surface area contributed by atoms with Gasteiger partial charge in [0.25, 0.3) is 5.91 Å². The minimum atomic E-state index is -1.22. The lowest BCUT2D eigenvalue weighted by Gasteiger charge is -2.25. The first-order valence-electron chi connectivity index (χ1n) is 6.87. The fraction of sp³-hybridized carbons (Fsp3) is 0.615. The van der Waals surface area contributed by atoms with Crippen LogP contribution >= 0.6 is 23.2 Å². The third-order valence-electron chi connectivity index (χ3n) is 3.18. The molecule has 7 nitrogen and oxygen atoms in total. The molecule has 0 aliphatic carbocycles. The van der Waals surface area contributed by atoms with E-state index in [0.29, 0.717) is 18.2 Å². The van der Waals surface area contributed by atoms with Gasteiger partial charge in [-0.25, -0.2) is 0 Å². The van der Waals surface area contributed by atoms with Crippen LogP contribution in [0.25, 0.3) is 0 Å². The molecule has 0 saturated carbocycles. The van der Waals surface area contributed by atoms with Crippen molar-refractivity contribution in [1.29, 1.82) is 0 Å². The molecule has 1 atom stereocenters. The molecule has 0 spiro atoms. The number of nitrogens with one attached hydrogen (secondary N) is 1. The smallest absolute Gasteiger partial charge is 0.256 e. The van der Waals surface area contributed by atoms with Gasteiger partial charge in [0, 0.05) is 19.2 Å². The number of halogens is 2. The topological polar surface area (TPSA) is 84.7 Å². The third kappa shape index (κ3) is 4.86. The summed E-state index contributed by atoms with van der Waals surface area (Å²) in [6.45, 7) is 2.46. The number of carbonyl (C=O) groups excluding carboxylic acids is 2. The summed E-state index contributed by atoms with van der Waals surface area (Å²) in [4.78, 5) is 24.1. The minimum absolute atomic E-state index is 0.0990. The predicted octanol–water partition coefficient (Wildman–Crippen LogP) is 1.73. The van der Waals surface area contributed by atoms with Crippen molar-refractivity contribution in [2.24, 2.45) is 0 Å². The number of aryl methyl sites for hydroxylation is 1. The summed E-state index contributed by atoms with van der Waals surface area (Å²) in [5.74, 6) is -0.0663. The summed E-state index contributed by atoms with van der Waals surface area (Å²) < 4.78 is 10.3. The molecular formula is C13H17Cl2N3O4. The van der Waals surface area contributed by atoms with Crippen LogP contribution in [0.1, 0.15) is 18.6 Å². The third-order valence-corrected chi connectivity index (χ3v) is 3.55. The molecule has 1 unspecified atom stereocenters. The van der Waals surface area contributed by atoms with Crippen molar-refractivity contribution in [2.45, 2.75) is 30.7 Å². The highest BCUT2D eigenvalue weighted by Gasteiger charge is 2.27. The van der Waals surface area contributed by atoms with Gasteiger partial charge < -0.3 is 19.5 Å². The van der Waals surface area contributed by atoms with Gasteiger partial charge in [-0.2, -0.15) is 0 Å². The zero-order chi connectivity index (χ0) is 16.1. The van der Waals surface area contributed by atoms with Crippen LogP contribution < -0.4 is 5.32 Å². The average Bonchev–Trinajstić information content (AvgIpc) is 3.09. The SMILES string of the molecule is Cc1cc(NC(=O)CN(CC2CCCO2)C(=O)C(Cl)Cl)no1. The Labute approximate surface area is 137 Å². The van der Waals surface area contributed by atoms with Gasteiger partial charge in [0.05, 0.1) is 6.10 Å². The molecule has 2 rings (SSSR count). The molecule has 2 amide bonds. The van der Waals surface area contributed by atoms with Crippen LogP contribution in [-0.2, 0) is 14.3 Å². The Bertz CT molecular complexity index is 529. The number of nitrogens with zero attached hydrogens (tertiary/aromatic N) is 2. The van der Waals surface area contributed by atoms with Crippen LogP contribution in [0.5, 0.6) is 0 Å². The first kappa shape index (κ1) is 17.1. The number of ether oxygens (including phenoxy) is 1. The van der Waals surface area contributed by atoms with Crippen molar-refractivity contribution in [2.75, 3.05) is 25.0 Å². The highest BCUT2D eigenvalue weighted by molar-refractivity contribution is 6.53. The number of anilines is 1. The Morgan fingerprint density at radius 1 is 1.55 bits per heavy atom. The number of aromatic nitrogens is 1. The van der Waals surface area contributed by atoms with Crippen molar-refractivity contribution < 1.29 is 18.8 Å². The molecule has 1 fully saturated rings. The maximum Gasteiger partial charge on any atom is 0.256 e. The van der Waals surface area contributed by atoms with E-state index >= 15 is 0 Å². The van der Waals surface area contributed by atoms with Gasteiger partial charge in [-0.15, -0.1) is 0 Å². The number of carbonyl (C=O) groups is 2. The van der Waals surface area contributed by atoms with Crippen molar-refractivity contribution in [3.63, 3.8) is 0 Å². The summed E-state index contributed by atoms with van der Waals surface area (Å²) in [5.41, 5.74) is 0. The second kappa shape index (κ2) is 7.80. The Morgan fingerprint density at radius 2 is 2.32 bits per heavy atom. The largest absolute Gasteiger partial charge is 0.376 e. The summed E-state index contributed by atoms with van der Waals surface area (Å²) in [6, 6.07) is 1.58. The summed E-state index contributed by atoms with van der Waals surface area (Å²) >= 11 is 11.3. The van der Waals surface area contributed by atoms with E-state index < -0.39 is 16.7 Å². The molecule has 1 N–H and O–H groups in total. The van der Waals surface area contributed by atoms with Gasteiger partial charge in [0.2, 0.25) is 5.91 Å². The van der Waals surface area contributed by atoms with E-state index in [0.717, 1.165) is 12.8 Å². The van der Waals surface area contributed by atoms with Gasteiger partial charge in [-0.3, -0.25) is 9.59 Å². The summed E-state index contributed by atoms with van der Waals surface area (Å²) in [6.07, 6.45) is 1.67. The molecular weight excluding hydrogens is 333 g/mol. The number of hydrogen-bond acceptors (Lipinski definition) is 5. The Morgan fingerprint density at radius 3 is 2.86 bits per heavy atom. The molecule has 1 aliphatic heterocycles. The monoisotopic (exact) mass is 349 g/mol. The zero-order valence-electron chi connectivity index (χ0n) is 12.1. The number of hydrogen-bond donors (Lipinski definition) is 1. The molecule has 122 valence electrons. The molecule has 2 heterocycles. The van der Waals surface area contributed by atoms with E-state index in [9.17, 15) is 9.59 Å². The molecule has 1 aromatic heterocycles. The summed E-state index contributed by atoms with van der Waals surface area (Å²) in [5, 5.41) is 6.21. The van der Waals surface area contributed by atoms with Gasteiger partial charge >= 0.3 is 0 Å². The quantitative estimate of drug-likeness (QED) is 0.790. The average molecular weight is 350 g/mol. The van der Waals surface area contributed by atoms with E-state index in [1.54, 1.807) is 13.0 Å². The van der Waals surface area contributed by atoms with E-state index in [-0.39, 0.29) is 19.2 Å². The first-order chi connectivity index (χ1) is 10.5. The van der Waals surface area contributed by atoms with E-state index in [2.05, 4.69) is 10.5 Å². The van der Waals surface area contributed by atoms with Crippen LogP contribution in [0.3, 0.4) is 0 Å². The number of alkyl halides is 2. The standard InChI is InChI=1S/C13H17Cl2N3O4/c1-8-5-10(17-22-8)16-11(19)7-18(13(20)12(14)15)6-9-3-2-4-21-9/h5,9,12H,2-4,6-7H2,1H3,(H,16,17,19). The number of amides is 2. The fourth-order valence-electron chi connectivity index (χ4n) is 2.19. The number of rotatable bonds is 6. The molecule has 9 heteroatoms. The second-order valence-corrected chi connectivity index (χ2v) is 6.12. The highest BCUT2D eigenvalue weighted by Crippen LogP contribution is 2.16. The zero-order valence-corrected chi connectivity index (χ0v) is 13.6. The van der Waals surface area contributed by atoms with Crippen LogP contribution in [0.15, 0.2) is 10.6 Å². The normalized spacial score (nSPS) is 17.7. The van der Waals surface area contributed by atoms with Gasteiger partial charge in [-0.05, 0) is 19.8 Å². The fourth-order valence-corrected chi connectivity index (χ4v) is 2.46. The molecule has 1 aliphatic rings. The maximum absolute atomic E-state index is 12.0.